The molecule has 0 bridgehead atoms. The number of carbonyl (C=O) groups is 1. The van der Waals surface area contributed by atoms with Crippen LogP contribution in [0.2, 0.25) is 5.02 Å². The largest absolute Gasteiger partial charge is 0.454 e. The van der Waals surface area contributed by atoms with Crippen LogP contribution in [0, 0.1) is 10.1 Å². The zero-order valence-electron chi connectivity index (χ0n) is 14.7. The third kappa shape index (κ3) is 4.27. The van der Waals surface area contributed by atoms with E-state index in [0.717, 1.165) is 0 Å². The molecule has 3 rings (SSSR count). The lowest BCUT2D eigenvalue weighted by atomic mass is 10.2. The van der Waals surface area contributed by atoms with E-state index in [0.29, 0.717) is 4.68 Å². The Morgan fingerprint density at radius 2 is 1.90 bits per heavy atom. The number of hydrogen-bond acceptors (Lipinski definition) is 5. The van der Waals surface area contributed by atoms with Crippen LogP contribution in [0.5, 0.6) is 0 Å². The quantitative estimate of drug-likeness (QED) is 0.305. The van der Waals surface area contributed by atoms with Crippen LogP contribution in [0.3, 0.4) is 0 Å². The molecule has 0 aliphatic heterocycles. The Bertz CT molecular complexity index is 1100. The van der Waals surface area contributed by atoms with E-state index < -0.39 is 46.6 Å². The molecule has 0 unspecified atom stereocenters. The zero-order chi connectivity index (χ0) is 22.0. The second-order valence-corrected chi connectivity index (χ2v) is 6.22. The summed E-state index contributed by atoms with van der Waals surface area (Å²) < 4.78 is 58.0. The van der Waals surface area contributed by atoms with Gasteiger partial charge in [0.1, 0.15) is 22.8 Å². The van der Waals surface area contributed by atoms with E-state index in [1.807, 2.05) is 0 Å². The van der Waals surface area contributed by atoms with Crippen LogP contribution in [0.15, 0.2) is 40.8 Å². The number of nitro groups is 1. The fourth-order valence-electron chi connectivity index (χ4n) is 2.60. The maximum atomic E-state index is 13.2. The minimum Gasteiger partial charge on any atom is -0.454 e. The highest BCUT2D eigenvalue weighted by Gasteiger charge is 2.28. The monoisotopic (exact) mass is 446 g/mol. The Labute approximate surface area is 170 Å². The maximum absolute atomic E-state index is 13.2. The summed E-state index contributed by atoms with van der Waals surface area (Å²) >= 11 is 5.58. The molecule has 0 radical (unpaired) electrons. The average Bonchev–Trinajstić information content (AvgIpc) is 3.26. The molecule has 13 heteroatoms. The predicted molar refractivity (Wildman–Crippen MR) is 96.0 cm³/mol. The van der Waals surface area contributed by atoms with Crippen molar-refractivity contribution in [2.75, 3.05) is 5.32 Å². The highest BCUT2D eigenvalue weighted by atomic mass is 35.5. The molecule has 0 aliphatic carbocycles. The highest BCUT2D eigenvalue weighted by Crippen LogP contribution is 2.35. The lowest BCUT2D eigenvalue weighted by molar-refractivity contribution is -0.383. The lowest BCUT2D eigenvalue weighted by Gasteiger charge is -2.05. The smallest absolute Gasteiger partial charge is 0.292 e. The molecule has 1 aromatic carbocycles. The second-order valence-electron chi connectivity index (χ2n) is 5.84. The molecule has 0 fully saturated rings. The SMILES string of the molecule is O=C(Nc1ccccc1[N+](=O)[O-])c1ccc(Cn2nc(C(F)F)c(Cl)c2C(F)F)o1. The van der Waals surface area contributed by atoms with Gasteiger partial charge in [-0.05, 0) is 18.2 Å². The Balaban J connectivity index is 1.82. The Morgan fingerprint density at radius 3 is 2.53 bits per heavy atom. The molecule has 0 saturated carbocycles. The first-order chi connectivity index (χ1) is 14.2. The van der Waals surface area contributed by atoms with E-state index in [4.69, 9.17) is 16.0 Å². The topological polar surface area (TPSA) is 103 Å². The number of nitrogens with one attached hydrogen (secondary N) is 1. The minimum atomic E-state index is -3.17. The summed E-state index contributed by atoms with van der Waals surface area (Å²) in [4.78, 5) is 22.6. The zero-order valence-corrected chi connectivity index (χ0v) is 15.4. The summed E-state index contributed by atoms with van der Waals surface area (Å²) in [6, 6.07) is 7.84. The molecule has 3 aromatic rings. The van der Waals surface area contributed by atoms with Gasteiger partial charge in [0.05, 0.1) is 16.5 Å². The van der Waals surface area contributed by atoms with E-state index in [1.54, 1.807) is 0 Å². The highest BCUT2D eigenvalue weighted by molar-refractivity contribution is 6.32. The number of alkyl halides is 4. The number of amides is 1. The molecule has 30 heavy (non-hydrogen) atoms. The first-order valence-electron chi connectivity index (χ1n) is 8.15. The van der Waals surface area contributed by atoms with Crippen molar-refractivity contribution in [3.63, 3.8) is 0 Å². The number of nitrogens with zero attached hydrogens (tertiary/aromatic N) is 3. The Kier molecular flexibility index (Phi) is 6.06. The van der Waals surface area contributed by atoms with Gasteiger partial charge in [-0.2, -0.15) is 5.10 Å². The number of furan rings is 1. The normalized spacial score (nSPS) is 11.3. The fraction of sp³-hybridized carbons (Fsp3) is 0.176. The van der Waals surface area contributed by atoms with Gasteiger partial charge in [0.15, 0.2) is 5.76 Å². The van der Waals surface area contributed by atoms with Crippen molar-refractivity contribution in [1.82, 2.24) is 9.78 Å². The molecule has 0 aliphatic rings. The molecule has 2 heterocycles. The summed E-state index contributed by atoms with van der Waals surface area (Å²) in [6.07, 6.45) is -6.33. The number of hydrogen-bond donors (Lipinski definition) is 1. The van der Waals surface area contributed by atoms with Gasteiger partial charge >= 0.3 is 0 Å². The summed E-state index contributed by atoms with van der Waals surface area (Å²) in [7, 11) is 0. The van der Waals surface area contributed by atoms with Crippen molar-refractivity contribution < 1.29 is 31.7 Å². The number of rotatable bonds is 7. The van der Waals surface area contributed by atoms with Crippen molar-refractivity contribution in [1.29, 1.82) is 0 Å². The Morgan fingerprint density at radius 1 is 1.20 bits per heavy atom. The van der Waals surface area contributed by atoms with Crippen molar-refractivity contribution in [2.24, 2.45) is 0 Å². The number of anilines is 1. The van der Waals surface area contributed by atoms with Gasteiger partial charge in [0.25, 0.3) is 24.4 Å². The van der Waals surface area contributed by atoms with Crippen LogP contribution in [0.4, 0.5) is 28.9 Å². The van der Waals surface area contributed by atoms with Crippen molar-refractivity contribution in [3.8, 4) is 0 Å². The first kappa shape index (κ1) is 21.3. The van der Waals surface area contributed by atoms with Crippen molar-refractivity contribution in [2.45, 2.75) is 19.4 Å². The maximum Gasteiger partial charge on any atom is 0.292 e. The van der Waals surface area contributed by atoms with Gasteiger partial charge in [0, 0.05) is 6.07 Å². The molecule has 8 nitrogen and oxygen atoms in total. The molecule has 0 atom stereocenters. The summed E-state index contributed by atoms with van der Waals surface area (Å²) in [6.45, 7) is -0.495. The van der Waals surface area contributed by atoms with Crippen LogP contribution in [0.25, 0.3) is 0 Å². The number of para-hydroxylation sites is 2. The second kappa shape index (κ2) is 8.53. The van der Waals surface area contributed by atoms with Gasteiger partial charge in [0.2, 0.25) is 0 Å². The summed E-state index contributed by atoms with van der Waals surface area (Å²) in [5, 5.41) is 15.9. The minimum absolute atomic E-state index is 0.0513. The van der Waals surface area contributed by atoms with E-state index in [9.17, 15) is 32.5 Å². The third-order valence-corrected chi connectivity index (χ3v) is 4.30. The molecule has 0 spiro atoms. The van der Waals surface area contributed by atoms with Crippen LogP contribution in [0.1, 0.15) is 40.6 Å². The molecule has 2 aromatic heterocycles. The van der Waals surface area contributed by atoms with Crippen LogP contribution in [-0.4, -0.2) is 20.6 Å². The van der Waals surface area contributed by atoms with Gasteiger partial charge in [-0.3, -0.25) is 19.6 Å². The van der Waals surface area contributed by atoms with E-state index >= 15 is 0 Å². The molecular weight excluding hydrogens is 436 g/mol. The van der Waals surface area contributed by atoms with Gasteiger partial charge in [-0.15, -0.1) is 0 Å². The number of carbonyl (C=O) groups excluding carboxylic acids is 1. The molecule has 158 valence electrons. The van der Waals surface area contributed by atoms with E-state index in [2.05, 4.69) is 10.4 Å². The first-order valence-corrected chi connectivity index (χ1v) is 8.52. The number of halogens is 5. The predicted octanol–water partition coefficient (Wildman–Crippen LogP) is 5.21. The standard InChI is InChI=1S/C17H11ClF4N4O4/c18-12-13(15(19)20)24-25(14(12)16(21)22)7-8-5-6-11(30-8)17(27)23-9-3-1-2-4-10(9)26(28)29/h1-6,15-16H,7H2,(H,23,27). The lowest BCUT2D eigenvalue weighted by Crippen LogP contribution is -2.12. The third-order valence-electron chi connectivity index (χ3n) is 3.91. The average molecular weight is 447 g/mol. The Hall–Kier alpha value is -3.41. The van der Waals surface area contributed by atoms with E-state index in [1.165, 1.54) is 36.4 Å². The molecule has 1 N–H and O–H groups in total. The number of aromatic nitrogens is 2. The van der Waals surface area contributed by atoms with Crippen molar-refractivity contribution in [3.05, 3.63) is 74.4 Å². The van der Waals surface area contributed by atoms with Crippen LogP contribution in [-0.2, 0) is 6.54 Å². The van der Waals surface area contributed by atoms with Crippen LogP contribution >= 0.6 is 11.6 Å². The fourth-order valence-corrected chi connectivity index (χ4v) is 2.90. The van der Waals surface area contributed by atoms with Crippen molar-refractivity contribution >= 4 is 28.9 Å². The molecule has 0 saturated heterocycles. The van der Waals surface area contributed by atoms with Gasteiger partial charge < -0.3 is 9.73 Å². The van der Waals surface area contributed by atoms with Gasteiger partial charge in [-0.1, -0.05) is 23.7 Å². The number of nitro benzene ring substituents is 1. The van der Waals surface area contributed by atoms with E-state index in [-0.39, 0.29) is 22.9 Å². The summed E-state index contributed by atoms with van der Waals surface area (Å²) in [5.74, 6) is -1.17. The van der Waals surface area contributed by atoms with Crippen LogP contribution < -0.4 is 5.32 Å². The van der Waals surface area contributed by atoms with Gasteiger partial charge in [-0.25, -0.2) is 17.6 Å². The molecular formula is C17H11ClF4N4O4. The number of benzene rings is 1. The molecule has 1 amide bonds. The summed E-state index contributed by atoms with van der Waals surface area (Å²) in [5.41, 5.74) is -2.32.